The lowest BCUT2D eigenvalue weighted by Crippen LogP contribution is -2.11. The van der Waals surface area contributed by atoms with Gasteiger partial charge in [-0.25, -0.2) is 8.42 Å². The van der Waals surface area contributed by atoms with Crippen LogP contribution in [-0.2, 0) is 16.4 Å². The van der Waals surface area contributed by atoms with Gasteiger partial charge in [0.25, 0.3) is 5.69 Å². The third kappa shape index (κ3) is 3.29. The molecule has 0 spiro atoms. The number of aromatic nitrogens is 2. The molecule has 0 bridgehead atoms. The van der Waals surface area contributed by atoms with E-state index in [0.717, 1.165) is 6.26 Å². The molecule has 0 aliphatic carbocycles. The third-order valence-electron chi connectivity index (χ3n) is 2.51. The SMILES string of the molecule is CS(=O)(=O)CCn1cc2cc([N+](=O)[O-])c(Br)cc2n1. The Balaban J connectivity index is 2.38. The van der Waals surface area contributed by atoms with Crippen molar-refractivity contribution in [2.75, 3.05) is 12.0 Å². The van der Waals surface area contributed by atoms with Crippen molar-refractivity contribution in [3.8, 4) is 0 Å². The molecule has 0 fully saturated rings. The predicted molar refractivity (Wildman–Crippen MR) is 73.8 cm³/mol. The van der Waals surface area contributed by atoms with Crippen LogP contribution in [0.3, 0.4) is 0 Å². The second kappa shape index (κ2) is 4.89. The van der Waals surface area contributed by atoms with E-state index in [1.807, 2.05) is 0 Å². The Kier molecular flexibility index (Phi) is 3.59. The minimum Gasteiger partial charge on any atom is -0.271 e. The zero-order chi connectivity index (χ0) is 14.2. The fourth-order valence-corrected chi connectivity index (χ4v) is 2.59. The van der Waals surface area contributed by atoms with Gasteiger partial charge in [-0.1, -0.05) is 0 Å². The Morgan fingerprint density at radius 2 is 2.16 bits per heavy atom. The number of nitrogens with zero attached hydrogens (tertiary/aromatic N) is 3. The zero-order valence-corrected chi connectivity index (χ0v) is 12.3. The predicted octanol–water partition coefficient (Wildman–Crippen LogP) is 1.75. The number of sulfone groups is 1. The maximum atomic E-state index is 11.1. The van der Waals surface area contributed by atoms with Crippen LogP contribution in [0.4, 0.5) is 5.69 Å². The first-order valence-corrected chi connectivity index (χ1v) is 8.10. The summed E-state index contributed by atoms with van der Waals surface area (Å²) in [5.41, 5.74) is 0.529. The second-order valence-corrected chi connectivity index (χ2v) is 7.26. The summed E-state index contributed by atoms with van der Waals surface area (Å²) in [5.74, 6) is -0.0236. The molecule has 0 aliphatic heterocycles. The minimum absolute atomic E-state index is 0.0236. The Hall–Kier alpha value is -1.48. The molecule has 0 saturated heterocycles. The summed E-state index contributed by atoms with van der Waals surface area (Å²) in [5, 5.41) is 15.6. The number of rotatable bonds is 4. The van der Waals surface area contributed by atoms with Crippen molar-refractivity contribution < 1.29 is 13.3 Å². The van der Waals surface area contributed by atoms with E-state index >= 15 is 0 Å². The Bertz CT molecular complexity index is 753. The highest BCUT2D eigenvalue weighted by atomic mass is 79.9. The topological polar surface area (TPSA) is 95.1 Å². The van der Waals surface area contributed by atoms with Crippen molar-refractivity contribution in [3.05, 3.63) is 32.9 Å². The molecule has 0 atom stereocenters. The van der Waals surface area contributed by atoms with Gasteiger partial charge in [-0.05, 0) is 22.0 Å². The van der Waals surface area contributed by atoms with Crippen LogP contribution in [0.5, 0.6) is 0 Å². The highest BCUT2D eigenvalue weighted by molar-refractivity contribution is 9.10. The molecule has 2 rings (SSSR count). The minimum atomic E-state index is -3.07. The fourth-order valence-electron chi connectivity index (χ4n) is 1.60. The van der Waals surface area contributed by atoms with Crippen molar-refractivity contribution in [3.63, 3.8) is 0 Å². The van der Waals surface area contributed by atoms with Gasteiger partial charge in [0.15, 0.2) is 0 Å². The van der Waals surface area contributed by atoms with Crippen LogP contribution in [0.25, 0.3) is 10.9 Å². The van der Waals surface area contributed by atoms with Gasteiger partial charge in [-0.3, -0.25) is 14.8 Å². The average Bonchev–Trinajstić information content (AvgIpc) is 2.65. The van der Waals surface area contributed by atoms with E-state index in [0.29, 0.717) is 15.4 Å². The molecule has 2 aromatic rings. The summed E-state index contributed by atoms with van der Waals surface area (Å²) in [6, 6.07) is 2.95. The van der Waals surface area contributed by atoms with Gasteiger partial charge in [0, 0.05) is 23.9 Å². The van der Waals surface area contributed by atoms with Crippen LogP contribution in [0.2, 0.25) is 0 Å². The maximum absolute atomic E-state index is 11.1. The van der Waals surface area contributed by atoms with Gasteiger partial charge in [0.05, 0.1) is 27.2 Å². The van der Waals surface area contributed by atoms with Crippen LogP contribution in [-0.4, -0.2) is 35.1 Å². The molecule has 0 radical (unpaired) electrons. The Morgan fingerprint density at radius 3 is 2.74 bits per heavy atom. The number of hydrogen-bond donors (Lipinski definition) is 0. The number of benzene rings is 1. The summed E-state index contributed by atoms with van der Waals surface area (Å²) < 4.78 is 24.0. The normalized spacial score (nSPS) is 11.9. The molecule has 0 N–H and O–H groups in total. The van der Waals surface area contributed by atoms with Gasteiger partial charge in [-0.2, -0.15) is 5.10 Å². The summed E-state index contributed by atoms with van der Waals surface area (Å²) in [4.78, 5) is 10.3. The molecule has 9 heteroatoms. The Labute approximate surface area is 117 Å². The van der Waals surface area contributed by atoms with Crippen LogP contribution in [0, 0.1) is 10.1 Å². The third-order valence-corrected chi connectivity index (χ3v) is 4.07. The summed E-state index contributed by atoms with van der Waals surface area (Å²) >= 11 is 3.11. The van der Waals surface area contributed by atoms with Gasteiger partial charge < -0.3 is 0 Å². The molecule has 1 heterocycles. The molecule has 0 unspecified atom stereocenters. The number of hydrogen-bond acceptors (Lipinski definition) is 5. The van der Waals surface area contributed by atoms with Gasteiger partial charge in [-0.15, -0.1) is 0 Å². The van der Waals surface area contributed by atoms with Crippen molar-refractivity contribution in [1.29, 1.82) is 0 Å². The number of nitro groups is 1. The average molecular weight is 348 g/mol. The first-order valence-electron chi connectivity index (χ1n) is 5.25. The summed E-state index contributed by atoms with van der Waals surface area (Å²) in [6.07, 6.45) is 2.75. The smallest absolute Gasteiger partial charge is 0.271 e. The summed E-state index contributed by atoms with van der Waals surface area (Å²) in [6.45, 7) is 0.221. The molecule has 19 heavy (non-hydrogen) atoms. The van der Waals surface area contributed by atoms with Crippen molar-refractivity contribution in [1.82, 2.24) is 9.78 Å². The zero-order valence-electron chi connectivity index (χ0n) is 9.91. The number of aryl methyl sites for hydroxylation is 1. The quantitative estimate of drug-likeness (QED) is 0.620. The molecule has 0 aliphatic rings. The fraction of sp³-hybridized carbons (Fsp3) is 0.300. The first-order chi connectivity index (χ1) is 8.76. The Morgan fingerprint density at radius 1 is 1.47 bits per heavy atom. The maximum Gasteiger partial charge on any atom is 0.284 e. The highest BCUT2D eigenvalue weighted by Crippen LogP contribution is 2.29. The van der Waals surface area contributed by atoms with Crippen LogP contribution in [0.15, 0.2) is 22.8 Å². The number of halogens is 1. The lowest BCUT2D eigenvalue weighted by Gasteiger charge is -1.98. The van der Waals surface area contributed by atoms with Gasteiger partial charge in [0.2, 0.25) is 0 Å². The molecule has 1 aromatic carbocycles. The summed E-state index contributed by atoms with van der Waals surface area (Å²) in [7, 11) is -3.07. The highest BCUT2D eigenvalue weighted by Gasteiger charge is 2.15. The van der Waals surface area contributed by atoms with Crippen LogP contribution in [0.1, 0.15) is 0 Å². The van der Waals surface area contributed by atoms with Gasteiger partial charge in [0.1, 0.15) is 9.84 Å². The van der Waals surface area contributed by atoms with Gasteiger partial charge >= 0.3 is 0 Å². The lowest BCUT2D eigenvalue weighted by molar-refractivity contribution is -0.385. The lowest BCUT2D eigenvalue weighted by atomic mass is 10.2. The van der Waals surface area contributed by atoms with Crippen molar-refractivity contribution in [2.45, 2.75) is 6.54 Å². The molecule has 1 aromatic heterocycles. The molecular formula is C10H10BrN3O4S. The van der Waals surface area contributed by atoms with E-state index in [1.165, 1.54) is 10.7 Å². The van der Waals surface area contributed by atoms with E-state index in [4.69, 9.17) is 0 Å². The van der Waals surface area contributed by atoms with E-state index in [1.54, 1.807) is 12.3 Å². The molecule has 0 amide bonds. The van der Waals surface area contributed by atoms with Crippen molar-refractivity contribution in [2.24, 2.45) is 0 Å². The van der Waals surface area contributed by atoms with Crippen LogP contribution < -0.4 is 0 Å². The standard InChI is InChI=1S/C10H10BrN3O4S/c1-19(17,18)3-2-13-6-7-4-10(14(15)16)8(11)5-9(7)12-13/h4-6H,2-3H2,1H3. The second-order valence-electron chi connectivity index (χ2n) is 4.14. The van der Waals surface area contributed by atoms with E-state index in [2.05, 4.69) is 21.0 Å². The van der Waals surface area contributed by atoms with E-state index in [-0.39, 0.29) is 18.0 Å². The largest absolute Gasteiger partial charge is 0.284 e. The first kappa shape index (κ1) is 13.9. The molecular weight excluding hydrogens is 338 g/mol. The van der Waals surface area contributed by atoms with E-state index in [9.17, 15) is 18.5 Å². The number of fused-ring (bicyclic) bond motifs is 1. The molecule has 0 saturated carbocycles. The molecule has 102 valence electrons. The number of nitro benzene ring substituents is 1. The van der Waals surface area contributed by atoms with Crippen LogP contribution >= 0.6 is 15.9 Å². The molecule has 7 nitrogen and oxygen atoms in total. The monoisotopic (exact) mass is 347 g/mol. The van der Waals surface area contributed by atoms with Crippen molar-refractivity contribution >= 4 is 42.4 Å². The van der Waals surface area contributed by atoms with E-state index < -0.39 is 14.8 Å².